The summed E-state index contributed by atoms with van der Waals surface area (Å²) in [4.78, 5) is 10.9. The quantitative estimate of drug-likeness (QED) is 0.897. The minimum atomic E-state index is 0.406. The Morgan fingerprint density at radius 3 is 2.84 bits per heavy atom. The standard InChI is InChI=1S/C14H26N4S/c1-6-15-10(2)13-11(3)16-14(19-13)18-8-7-12(9-18)17(4)5/h10,12,15H,6-9H2,1-5H3. The molecule has 108 valence electrons. The van der Waals surface area contributed by atoms with Gasteiger partial charge >= 0.3 is 0 Å². The zero-order valence-corrected chi connectivity index (χ0v) is 13.5. The van der Waals surface area contributed by atoms with Gasteiger partial charge in [0, 0.05) is 30.1 Å². The Morgan fingerprint density at radius 2 is 2.26 bits per heavy atom. The van der Waals surface area contributed by atoms with Crippen molar-refractivity contribution >= 4 is 16.5 Å². The first-order chi connectivity index (χ1) is 9.02. The SMILES string of the molecule is CCNC(C)c1sc(N2CCC(N(C)C)C2)nc1C. The first kappa shape index (κ1) is 14.8. The summed E-state index contributed by atoms with van der Waals surface area (Å²) in [6.07, 6.45) is 1.24. The highest BCUT2D eigenvalue weighted by Crippen LogP contribution is 2.32. The molecule has 0 aliphatic carbocycles. The summed E-state index contributed by atoms with van der Waals surface area (Å²) in [5.41, 5.74) is 1.18. The van der Waals surface area contributed by atoms with Gasteiger partial charge in [0.05, 0.1) is 5.69 Å². The third kappa shape index (κ3) is 3.27. The van der Waals surface area contributed by atoms with E-state index < -0.39 is 0 Å². The molecule has 4 nitrogen and oxygen atoms in total. The largest absolute Gasteiger partial charge is 0.346 e. The van der Waals surface area contributed by atoms with E-state index in [9.17, 15) is 0 Å². The Bertz CT molecular complexity index is 416. The first-order valence-electron chi connectivity index (χ1n) is 7.15. The van der Waals surface area contributed by atoms with Gasteiger partial charge in [-0.15, -0.1) is 11.3 Å². The van der Waals surface area contributed by atoms with E-state index in [0.29, 0.717) is 12.1 Å². The van der Waals surface area contributed by atoms with Crippen molar-refractivity contribution in [2.75, 3.05) is 38.6 Å². The van der Waals surface area contributed by atoms with Crippen molar-refractivity contribution in [2.24, 2.45) is 0 Å². The van der Waals surface area contributed by atoms with Crippen LogP contribution in [0.5, 0.6) is 0 Å². The zero-order chi connectivity index (χ0) is 14.0. The van der Waals surface area contributed by atoms with Crippen LogP contribution in [-0.2, 0) is 0 Å². The van der Waals surface area contributed by atoms with E-state index in [1.54, 1.807) is 0 Å². The Balaban J connectivity index is 2.08. The molecule has 0 amide bonds. The van der Waals surface area contributed by atoms with Crippen molar-refractivity contribution in [1.82, 2.24) is 15.2 Å². The van der Waals surface area contributed by atoms with Crippen molar-refractivity contribution in [3.8, 4) is 0 Å². The molecule has 0 bridgehead atoms. The smallest absolute Gasteiger partial charge is 0.185 e. The minimum absolute atomic E-state index is 0.406. The minimum Gasteiger partial charge on any atom is -0.346 e. The van der Waals surface area contributed by atoms with Gasteiger partial charge < -0.3 is 15.1 Å². The van der Waals surface area contributed by atoms with Crippen molar-refractivity contribution in [2.45, 2.75) is 39.3 Å². The Hall–Kier alpha value is -0.650. The second-order valence-corrected chi connectivity index (χ2v) is 6.59. The van der Waals surface area contributed by atoms with Gasteiger partial charge in [-0.2, -0.15) is 0 Å². The lowest BCUT2D eigenvalue weighted by molar-refractivity contribution is 0.315. The first-order valence-corrected chi connectivity index (χ1v) is 7.96. The fraction of sp³-hybridized carbons (Fsp3) is 0.786. The average molecular weight is 282 g/mol. The van der Waals surface area contributed by atoms with Gasteiger partial charge in [0.1, 0.15) is 0 Å². The molecular formula is C14H26N4S. The molecule has 0 radical (unpaired) electrons. The average Bonchev–Trinajstić information content (AvgIpc) is 2.95. The molecule has 1 aliphatic rings. The fourth-order valence-corrected chi connectivity index (χ4v) is 3.79. The molecule has 0 spiro atoms. The Labute approximate surface area is 120 Å². The van der Waals surface area contributed by atoms with E-state index >= 15 is 0 Å². The molecular weight excluding hydrogens is 256 g/mol. The lowest BCUT2D eigenvalue weighted by atomic mass is 10.2. The van der Waals surface area contributed by atoms with Gasteiger partial charge in [-0.25, -0.2) is 4.98 Å². The third-order valence-electron chi connectivity index (χ3n) is 3.89. The number of thiazole rings is 1. The van der Waals surface area contributed by atoms with Gasteiger partial charge in [0.25, 0.3) is 0 Å². The zero-order valence-electron chi connectivity index (χ0n) is 12.7. The van der Waals surface area contributed by atoms with Crippen LogP contribution in [0.2, 0.25) is 0 Å². The fourth-order valence-electron chi connectivity index (χ4n) is 2.67. The third-order valence-corrected chi connectivity index (χ3v) is 5.29. The van der Waals surface area contributed by atoms with Crippen LogP contribution in [-0.4, -0.2) is 49.7 Å². The maximum absolute atomic E-state index is 4.78. The summed E-state index contributed by atoms with van der Waals surface area (Å²) in [5.74, 6) is 0. The van der Waals surface area contributed by atoms with E-state index in [-0.39, 0.29) is 0 Å². The second kappa shape index (κ2) is 6.20. The van der Waals surface area contributed by atoms with Crippen LogP contribution in [0.3, 0.4) is 0 Å². The number of anilines is 1. The van der Waals surface area contributed by atoms with E-state index in [1.807, 2.05) is 11.3 Å². The van der Waals surface area contributed by atoms with E-state index in [0.717, 1.165) is 19.6 Å². The highest BCUT2D eigenvalue weighted by atomic mass is 32.1. The molecule has 1 fully saturated rings. The van der Waals surface area contributed by atoms with Crippen LogP contribution >= 0.6 is 11.3 Å². The van der Waals surface area contributed by atoms with Crippen molar-refractivity contribution in [3.05, 3.63) is 10.6 Å². The van der Waals surface area contributed by atoms with Crippen LogP contribution in [0.15, 0.2) is 0 Å². The molecule has 2 atom stereocenters. The molecule has 2 rings (SSSR count). The van der Waals surface area contributed by atoms with Crippen LogP contribution in [0.1, 0.15) is 36.9 Å². The number of hydrogen-bond acceptors (Lipinski definition) is 5. The summed E-state index contributed by atoms with van der Waals surface area (Å²) in [5, 5.41) is 4.67. The number of nitrogens with zero attached hydrogens (tertiary/aromatic N) is 3. The molecule has 2 unspecified atom stereocenters. The molecule has 0 aromatic carbocycles. The molecule has 1 aliphatic heterocycles. The predicted molar refractivity (Wildman–Crippen MR) is 83.2 cm³/mol. The number of rotatable bonds is 5. The maximum atomic E-state index is 4.78. The van der Waals surface area contributed by atoms with Crippen LogP contribution in [0.4, 0.5) is 5.13 Å². The Kier molecular flexibility index (Phi) is 4.81. The molecule has 5 heteroatoms. The van der Waals surface area contributed by atoms with Gasteiger partial charge in [-0.1, -0.05) is 6.92 Å². The number of likely N-dealkylation sites (N-methyl/N-ethyl adjacent to an activating group) is 1. The number of nitrogens with one attached hydrogen (secondary N) is 1. The number of hydrogen-bond donors (Lipinski definition) is 1. The van der Waals surface area contributed by atoms with E-state index in [1.165, 1.54) is 22.1 Å². The summed E-state index contributed by atoms with van der Waals surface area (Å²) < 4.78 is 0. The summed E-state index contributed by atoms with van der Waals surface area (Å²) in [6.45, 7) is 9.74. The van der Waals surface area contributed by atoms with Gasteiger partial charge in [0.2, 0.25) is 0 Å². The molecule has 1 saturated heterocycles. The molecule has 2 heterocycles. The summed E-state index contributed by atoms with van der Waals surface area (Å²) in [7, 11) is 4.33. The lowest BCUT2D eigenvalue weighted by Crippen LogP contribution is -2.31. The van der Waals surface area contributed by atoms with E-state index in [4.69, 9.17) is 4.98 Å². The van der Waals surface area contributed by atoms with Gasteiger partial charge in [-0.3, -0.25) is 0 Å². The maximum Gasteiger partial charge on any atom is 0.185 e. The van der Waals surface area contributed by atoms with Crippen molar-refractivity contribution in [3.63, 3.8) is 0 Å². The van der Waals surface area contributed by atoms with Crippen molar-refractivity contribution < 1.29 is 0 Å². The van der Waals surface area contributed by atoms with Crippen LogP contribution in [0.25, 0.3) is 0 Å². The van der Waals surface area contributed by atoms with Gasteiger partial charge in [-0.05, 0) is 40.9 Å². The van der Waals surface area contributed by atoms with E-state index in [2.05, 4.69) is 50.0 Å². The second-order valence-electron chi connectivity index (χ2n) is 5.58. The molecule has 1 aromatic heterocycles. The monoisotopic (exact) mass is 282 g/mol. The van der Waals surface area contributed by atoms with Crippen LogP contribution in [0, 0.1) is 6.92 Å². The molecule has 1 aromatic rings. The number of aryl methyl sites for hydroxylation is 1. The van der Waals surface area contributed by atoms with Crippen molar-refractivity contribution in [1.29, 1.82) is 0 Å². The summed E-state index contributed by atoms with van der Waals surface area (Å²) >= 11 is 1.85. The molecule has 1 N–H and O–H groups in total. The lowest BCUT2D eigenvalue weighted by Gasteiger charge is -2.19. The Morgan fingerprint density at radius 1 is 1.53 bits per heavy atom. The van der Waals surface area contributed by atoms with Gasteiger partial charge in [0.15, 0.2) is 5.13 Å². The highest BCUT2D eigenvalue weighted by molar-refractivity contribution is 7.15. The molecule has 0 saturated carbocycles. The highest BCUT2D eigenvalue weighted by Gasteiger charge is 2.27. The van der Waals surface area contributed by atoms with Crippen LogP contribution < -0.4 is 10.2 Å². The topological polar surface area (TPSA) is 31.4 Å². The normalized spacial score (nSPS) is 21.4. The number of aromatic nitrogens is 1. The predicted octanol–water partition coefficient (Wildman–Crippen LogP) is 2.26. The molecule has 19 heavy (non-hydrogen) atoms. The summed E-state index contributed by atoms with van der Waals surface area (Å²) in [6, 6.07) is 1.07.